The van der Waals surface area contributed by atoms with Crippen molar-refractivity contribution in [3.05, 3.63) is 47.5 Å². The first-order chi connectivity index (χ1) is 16.1. The number of hydrogen-bond acceptors (Lipinski definition) is 0. The predicted octanol–water partition coefficient (Wildman–Crippen LogP) is 9.67. The Balaban J connectivity index is 1.11. The molecule has 0 heterocycles. The highest BCUT2D eigenvalue weighted by Crippen LogP contribution is 2.42. The lowest BCUT2D eigenvalue weighted by Gasteiger charge is -2.37. The maximum Gasteiger partial charge on any atom is 0.159 e. The molecule has 1 aromatic rings. The van der Waals surface area contributed by atoms with E-state index in [4.69, 9.17) is 0 Å². The summed E-state index contributed by atoms with van der Waals surface area (Å²) in [6, 6.07) is 4.37. The first kappa shape index (κ1) is 24.9. The lowest BCUT2D eigenvalue weighted by molar-refractivity contribution is 0.152. The minimum absolute atomic E-state index is 0.713. The molecule has 0 unspecified atom stereocenters. The number of benzene rings is 1. The Morgan fingerprint density at radius 3 is 1.76 bits per heavy atom. The van der Waals surface area contributed by atoms with Gasteiger partial charge in [0.05, 0.1) is 0 Å². The molecule has 2 heteroatoms. The van der Waals surface area contributed by atoms with E-state index < -0.39 is 11.6 Å². The van der Waals surface area contributed by atoms with Crippen LogP contribution in [0, 0.1) is 47.1 Å². The summed E-state index contributed by atoms with van der Waals surface area (Å²) in [7, 11) is 0. The van der Waals surface area contributed by atoms with Crippen LogP contribution in [-0.4, -0.2) is 0 Å². The summed E-state index contributed by atoms with van der Waals surface area (Å²) in [6.45, 7) is 2.34. The molecule has 33 heavy (non-hydrogen) atoms. The van der Waals surface area contributed by atoms with Crippen molar-refractivity contribution in [3.8, 4) is 0 Å². The Morgan fingerprint density at radius 1 is 0.667 bits per heavy atom. The zero-order valence-corrected chi connectivity index (χ0v) is 20.9. The van der Waals surface area contributed by atoms with Gasteiger partial charge in [-0.1, -0.05) is 50.8 Å². The third kappa shape index (κ3) is 7.40. The van der Waals surface area contributed by atoms with Crippen molar-refractivity contribution in [1.29, 1.82) is 0 Å². The minimum Gasteiger partial charge on any atom is -0.204 e. The quantitative estimate of drug-likeness (QED) is 0.341. The van der Waals surface area contributed by atoms with E-state index in [0.29, 0.717) is 0 Å². The Morgan fingerprint density at radius 2 is 1.18 bits per heavy atom. The molecule has 3 aliphatic carbocycles. The molecule has 3 saturated carbocycles. The van der Waals surface area contributed by atoms with E-state index >= 15 is 0 Å². The van der Waals surface area contributed by atoms with E-state index in [1.54, 1.807) is 6.07 Å². The lowest BCUT2D eigenvalue weighted by atomic mass is 9.68. The van der Waals surface area contributed by atoms with Gasteiger partial charge in [0.25, 0.3) is 0 Å². The third-order valence-corrected chi connectivity index (χ3v) is 9.44. The van der Waals surface area contributed by atoms with Gasteiger partial charge in [-0.3, -0.25) is 0 Å². The predicted molar refractivity (Wildman–Crippen MR) is 135 cm³/mol. The standard InChI is InChI=1S/C31H46F2/c1-2-3-23-12-17-28(18-13-23)29-19-14-26(15-20-29)9-8-24-4-6-25(7-5-24)10-11-27-16-21-30(32)31(33)22-27/h8-9,16,21-26,28-29H,2-7,10-15,17-20H2,1H3/b9-8+. The summed E-state index contributed by atoms with van der Waals surface area (Å²) >= 11 is 0. The SMILES string of the molecule is CCCC1CCC(C2CCC(/C=C/C3CCC(CCc4ccc(F)c(F)c4)CC3)CC2)CC1. The van der Waals surface area contributed by atoms with E-state index in [1.165, 1.54) is 102 Å². The first-order valence-corrected chi connectivity index (χ1v) is 14.2. The molecule has 0 atom stereocenters. The molecule has 0 radical (unpaired) electrons. The van der Waals surface area contributed by atoms with E-state index in [9.17, 15) is 8.78 Å². The smallest absolute Gasteiger partial charge is 0.159 e. The van der Waals surface area contributed by atoms with E-state index in [1.807, 2.05) is 0 Å². The van der Waals surface area contributed by atoms with Crippen LogP contribution in [0.15, 0.2) is 30.4 Å². The van der Waals surface area contributed by atoms with Crippen LogP contribution >= 0.6 is 0 Å². The Bertz CT molecular complexity index is 729. The molecule has 0 spiro atoms. The maximum absolute atomic E-state index is 13.4. The van der Waals surface area contributed by atoms with Crippen molar-refractivity contribution in [3.63, 3.8) is 0 Å². The van der Waals surface area contributed by atoms with E-state index in [0.717, 1.165) is 53.9 Å². The van der Waals surface area contributed by atoms with E-state index in [-0.39, 0.29) is 0 Å². The normalized spacial score (nSPS) is 33.4. The molecule has 0 nitrogen and oxygen atoms in total. The summed E-state index contributed by atoms with van der Waals surface area (Å²) in [5.41, 5.74) is 0.931. The van der Waals surface area contributed by atoms with Crippen molar-refractivity contribution < 1.29 is 8.78 Å². The average molecular weight is 457 g/mol. The maximum atomic E-state index is 13.4. The van der Waals surface area contributed by atoms with Gasteiger partial charge in [0.2, 0.25) is 0 Å². The van der Waals surface area contributed by atoms with Gasteiger partial charge < -0.3 is 0 Å². The minimum atomic E-state index is -0.742. The second-order valence-corrected chi connectivity index (χ2v) is 11.7. The Labute approximate surface area is 201 Å². The molecule has 1 aromatic carbocycles. The van der Waals surface area contributed by atoms with Gasteiger partial charge in [-0.05, 0) is 130 Å². The number of aryl methyl sites for hydroxylation is 1. The number of allylic oxidation sites excluding steroid dienone is 2. The number of rotatable bonds is 8. The van der Waals surface area contributed by atoms with Gasteiger partial charge >= 0.3 is 0 Å². The second-order valence-electron chi connectivity index (χ2n) is 11.7. The third-order valence-electron chi connectivity index (χ3n) is 9.44. The number of hydrogen-bond donors (Lipinski definition) is 0. The molecule has 3 fully saturated rings. The molecule has 0 saturated heterocycles. The molecule has 0 amide bonds. The van der Waals surface area contributed by atoms with Gasteiger partial charge in [0, 0.05) is 0 Å². The van der Waals surface area contributed by atoms with Crippen LogP contribution in [0.5, 0.6) is 0 Å². The van der Waals surface area contributed by atoms with Crippen molar-refractivity contribution in [2.45, 2.75) is 110 Å². The van der Waals surface area contributed by atoms with Gasteiger partial charge in [0.15, 0.2) is 11.6 Å². The summed E-state index contributed by atoms with van der Waals surface area (Å²) in [4.78, 5) is 0. The van der Waals surface area contributed by atoms with Crippen LogP contribution in [0.3, 0.4) is 0 Å². The van der Waals surface area contributed by atoms with Crippen molar-refractivity contribution >= 4 is 0 Å². The fourth-order valence-electron chi connectivity index (χ4n) is 7.21. The first-order valence-electron chi connectivity index (χ1n) is 14.2. The molecule has 0 aliphatic heterocycles. The summed E-state index contributed by atoms with van der Waals surface area (Å²) < 4.78 is 26.5. The topological polar surface area (TPSA) is 0 Å². The molecule has 184 valence electrons. The van der Waals surface area contributed by atoms with Gasteiger partial charge in [-0.2, -0.15) is 0 Å². The zero-order chi connectivity index (χ0) is 23.0. The summed E-state index contributed by atoms with van der Waals surface area (Å²) in [6.07, 6.45) is 26.9. The molecule has 0 bridgehead atoms. The van der Waals surface area contributed by atoms with Crippen LogP contribution in [0.25, 0.3) is 0 Å². The van der Waals surface area contributed by atoms with Crippen LogP contribution < -0.4 is 0 Å². The lowest BCUT2D eigenvalue weighted by Crippen LogP contribution is -2.25. The van der Waals surface area contributed by atoms with Crippen LogP contribution in [0.2, 0.25) is 0 Å². The van der Waals surface area contributed by atoms with Crippen LogP contribution in [0.4, 0.5) is 8.78 Å². The molecule has 0 aromatic heterocycles. The molecule has 0 N–H and O–H groups in total. The van der Waals surface area contributed by atoms with Gasteiger partial charge in [-0.15, -0.1) is 0 Å². The van der Waals surface area contributed by atoms with Crippen molar-refractivity contribution in [2.24, 2.45) is 35.5 Å². The highest BCUT2D eigenvalue weighted by atomic mass is 19.2. The van der Waals surface area contributed by atoms with Crippen molar-refractivity contribution in [2.75, 3.05) is 0 Å². The van der Waals surface area contributed by atoms with Gasteiger partial charge in [-0.25, -0.2) is 8.78 Å². The fourth-order valence-corrected chi connectivity index (χ4v) is 7.21. The van der Waals surface area contributed by atoms with Crippen molar-refractivity contribution in [1.82, 2.24) is 0 Å². The molecular weight excluding hydrogens is 410 g/mol. The van der Waals surface area contributed by atoms with Crippen LogP contribution in [0.1, 0.15) is 109 Å². The number of halogens is 2. The zero-order valence-electron chi connectivity index (χ0n) is 20.9. The Hall–Kier alpha value is -1.18. The fraction of sp³-hybridized carbons (Fsp3) is 0.742. The van der Waals surface area contributed by atoms with E-state index in [2.05, 4.69) is 19.1 Å². The summed E-state index contributed by atoms with van der Waals surface area (Å²) in [5.74, 6) is 3.95. The molecule has 4 rings (SSSR count). The van der Waals surface area contributed by atoms with Crippen LogP contribution in [-0.2, 0) is 6.42 Å². The highest BCUT2D eigenvalue weighted by molar-refractivity contribution is 5.18. The highest BCUT2D eigenvalue weighted by Gasteiger charge is 2.30. The largest absolute Gasteiger partial charge is 0.204 e. The monoisotopic (exact) mass is 456 g/mol. The average Bonchev–Trinajstić information content (AvgIpc) is 2.85. The Kier molecular flexibility index (Phi) is 9.44. The molecule has 3 aliphatic rings. The second kappa shape index (κ2) is 12.5. The molecular formula is C31H46F2. The summed E-state index contributed by atoms with van der Waals surface area (Å²) in [5, 5.41) is 0. The van der Waals surface area contributed by atoms with Gasteiger partial charge in [0.1, 0.15) is 0 Å².